The van der Waals surface area contributed by atoms with Gasteiger partial charge in [0.1, 0.15) is 16.9 Å². The van der Waals surface area contributed by atoms with Gasteiger partial charge in [-0.25, -0.2) is 0 Å². The molecule has 182 valence electrons. The maximum atomic E-state index is 13.1. The fourth-order valence-electron chi connectivity index (χ4n) is 5.09. The number of nitrogens with zero attached hydrogens (tertiary/aromatic N) is 1. The van der Waals surface area contributed by atoms with Crippen molar-refractivity contribution in [3.05, 3.63) is 51.5 Å². The Hall–Kier alpha value is -3.17. The molecular weight excluding hydrogens is 466 g/mol. The molecule has 0 bridgehead atoms. The van der Waals surface area contributed by atoms with Crippen LogP contribution in [-0.4, -0.2) is 42.3 Å². The number of aromatic nitrogens is 1. The summed E-state index contributed by atoms with van der Waals surface area (Å²) in [5.74, 6) is 0.840. The second kappa shape index (κ2) is 9.13. The van der Waals surface area contributed by atoms with Crippen molar-refractivity contribution in [1.82, 2.24) is 10.5 Å². The summed E-state index contributed by atoms with van der Waals surface area (Å²) in [7, 11) is 0. The molecule has 8 nitrogen and oxygen atoms in total. The van der Waals surface area contributed by atoms with Gasteiger partial charge in [0, 0.05) is 36.1 Å². The molecule has 0 spiro atoms. The lowest BCUT2D eigenvalue weighted by atomic mass is 10.1. The summed E-state index contributed by atoms with van der Waals surface area (Å²) in [6, 6.07) is 7.47. The first-order valence-corrected chi connectivity index (χ1v) is 13.0. The molecule has 0 radical (unpaired) electrons. The van der Waals surface area contributed by atoms with Crippen molar-refractivity contribution in [2.24, 2.45) is 0 Å². The Morgan fingerprint density at radius 1 is 1.17 bits per heavy atom. The molecule has 4 heterocycles. The van der Waals surface area contributed by atoms with Gasteiger partial charge >= 0.3 is 0 Å². The third kappa shape index (κ3) is 4.34. The van der Waals surface area contributed by atoms with Crippen molar-refractivity contribution in [2.75, 3.05) is 18.5 Å². The molecule has 9 heteroatoms. The van der Waals surface area contributed by atoms with Crippen molar-refractivity contribution in [2.45, 2.75) is 57.7 Å². The second-order valence-electron chi connectivity index (χ2n) is 9.39. The van der Waals surface area contributed by atoms with Gasteiger partial charge in [-0.3, -0.25) is 9.59 Å². The highest BCUT2D eigenvalue weighted by Crippen LogP contribution is 2.39. The lowest BCUT2D eigenvalue weighted by Crippen LogP contribution is -2.32. The Morgan fingerprint density at radius 3 is 2.94 bits per heavy atom. The zero-order valence-corrected chi connectivity index (χ0v) is 20.3. The van der Waals surface area contributed by atoms with E-state index in [1.807, 2.05) is 25.1 Å². The van der Waals surface area contributed by atoms with Gasteiger partial charge in [-0.15, -0.1) is 11.3 Å². The lowest BCUT2D eigenvalue weighted by molar-refractivity contribution is 0.0858. The van der Waals surface area contributed by atoms with Crippen LogP contribution in [0.25, 0.3) is 11.3 Å². The summed E-state index contributed by atoms with van der Waals surface area (Å²) >= 11 is 1.48. The van der Waals surface area contributed by atoms with Crippen LogP contribution in [0.2, 0.25) is 0 Å². The number of nitrogens with one attached hydrogen (secondary N) is 2. The summed E-state index contributed by atoms with van der Waals surface area (Å²) in [4.78, 5) is 27.3. The monoisotopic (exact) mass is 493 g/mol. The fourth-order valence-corrected chi connectivity index (χ4v) is 6.38. The van der Waals surface area contributed by atoms with Crippen molar-refractivity contribution >= 4 is 28.2 Å². The highest BCUT2D eigenvalue weighted by atomic mass is 32.1. The van der Waals surface area contributed by atoms with Gasteiger partial charge in [0.05, 0.1) is 11.7 Å². The number of anilines is 1. The van der Waals surface area contributed by atoms with Crippen molar-refractivity contribution in [3.8, 4) is 17.1 Å². The zero-order valence-electron chi connectivity index (χ0n) is 19.5. The van der Waals surface area contributed by atoms with Crippen LogP contribution in [0.5, 0.6) is 5.75 Å². The van der Waals surface area contributed by atoms with Gasteiger partial charge in [-0.1, -0.05) is 5.16 Å². The third-order valence-electron chi connectivity index (χ3n) is 6.81. The van der Waals surface area contributed by atoms with E-state index in [9.17, 15) is 9.59 Å². The van der Waals surface area contributed by atoms with Crippen molar-refractivity contribution in [3.63, 3.8) is 0 Å². The average molecular weight is 494 g/mol. The largest absolute Gasteiger partial charge is 0.490 e. The molecule has 2 aliphatic heterocycles. The van der Waals surface area contributed by atoms with Crippen LogP contribution in [0.4, 0.5) is 5.00 Å². The molecule has 1 fully saturated rings. The zero-order chi connectivity index (χ0) is 23.9. The minimum absolute atomic E-state index is 0.0613. The predicted molar refractivity (Wildman–Crippen MR) is 131 cm³/mol. The van der Waals surface area contributed by atoms with Crippen LogP contribution in [-0.2, 0) is 24.0 Å². The number of fused-ring (bicyclic) bond motifs is 2. The molecule has 3 aliphatic rings. The molecule has 0 unspecified atom stereocenters. The highest BCUT2D eigenvalue weighted by Gasteiger charge is 2.29. The quantitative estimate of drug-likeness (QED) is 0.529. The molecule has 2 atom stereocenters. The van der Waals surface area contributed by atoms with E-state index in [1.54, 1.807) is 6.07 Å². The van der Waals surface area contributed by atoms with Gasteiger partial charge in [0.15, 0.2) is 11.5 Å². The van der Waals surface area contributed by atoms with E-state index in [1.165, 1.54) is 11.3 Å². The first-order chi connectivity index (χ1) is 17.0. The van der Waals surface area contributed by atoms with Gasteiger partial charge < -0.3 is 24.6 Å². The Kier molecular flexibility index (Phi) is 5.82. The number of thiophene rings is 1. The molecule has 1 aromatic carbocycles. The van der Waals surface area contributed by atoms with Crippen LogP contribution < -0.4 is 15.4 Å². The van der Waals surface area contributed by atoms with E-state index >= 15 is 0 Å². The number of hydrogen-bond donors (Lipinski definition) is 2. The normalized spacial score (nSPS) is 20.4. The summed E-state index contributed by atoms with van der Waals surface area (Å²) in [5, 5.41) is 10.5. The fraction of sp³-hybridized carbons (Fsp3) is 0.423. The van der Waals surface area contributed by atoms with Crippen molar-refractivity contribution < 1.29 is 23.6 Å². The smallest absolute Gasteiger partial charge is 0.278 e. The third-order valence-corrected chi connectivity index (χ3v) is 8.02. The number of ether oxygens (including phenoxy) is 2. The van der Waals surface area contributed by atoms with Gasteiger partial charge in [0.25, 0.3) is 11.8 Å². The molecule has 1 aliphatic carbocycles. The maximum absolute atomic E-state index is 13.1. The van der Waals surface area contributed by atoms with Crippen LogP contribution in [0.1, 0.15) is 63.0 Å². The van der Waals surface area contributed by atoms with Gasteiger partial charge in [-0.2, -0.15) is 0 Å². The molecule has 2 amide bonds. The molecule has 1 saturated heterocycles. The highest BCUT2D eigenvalue weighted by molar-refractivity contribution is 7.17. The Balaban J connectivity index is 1.19. The minimum atomic E-state index is -0.397. The van der Waals surface area contributed by atoms with E-state index < -0.39 is 5.91 Å². The number of aryl methyl sites for hydroxylation is 1. The molecular formula is C26H27N3O5S. The predicted octanol–water partition coefficient (Wildman–Crippen LogP) is 4.38. The summed E-state index contributed by atoms with van der Waals surface area (Å²) in [5.41, 5.74) is 3.75. The number of carbonyl (C=O) groups is 2. The van der Waals surface area contributed by atoms with Crippen molar-refractivity contribution in [1.29, 1.82) is 0 Å². The summed E-state index contributed by atoms with van der Waals surface area (Å²) in [6.45, 7) is 3.26. The first kappa shape index (κ1) is 22.3. The number of amides is 2. The van der Waals surface area contributed by atoms with Crippen LogP contribution >= 0.6 is 11.3 Å². The molecule has 2 N–H and O–H groups in total. The van der Waals surface area contributed by atoms with E-state index in [4.69, 9.17) is 14.0 Å². The maximum Gasteiger partial charge on any atom is 0.278 e. The Morgan fingerprint density at radius 2 is 2.09 bits per heavy atom. The topological polar surface area (TPSA) is 103 Å². The van der Waals surface area contributed by atoms with Gasteiger partial charge in [-0.05, 0) is 68.4 Å². The Bertz CT molecular complexity index is 1290. The summed E-state index contributed by atoms with van der Waals surface area (Å²) in [6.07, 6.45) is 5.83. The van der Waals surface area contributed by atoms with E-state index in [0.29, 0.717) is 22.9 Å². The Labute approximate surface area is 207 Å². The lowest BCUT2D eigenvalue weighted by Gasteiger charge is -2.12. The molecule has 3 aromatic rings. The van der Waals surface area contributed by atoms with Crippen LogP contribution in [0.3, 0.4) is 0 Å². The average Bonchev–Trinajstić information content (AvgIpc) is 3.65. The van der Waals surface area contributed by atoms with E-state index in [0.717, 1.165) is 72.4 Å². The molecule has 35 heavy (non-hydrogen) atoms. The van der Waals surface area contributed by atoms with E-state index in [-0.39, 0.29) is 23.8 Å². The second-order valence-corrected chi connectivity index (χ2v) is 10.5. The van der Waals surface area contributed by atoms with Crippen LogP contribution in [0, 0.1) is 0 Å². The minimum Gasteiger partial charge on any atom is -0.490 e. The van der Waals surface area contributed by atoms with E-state index in [2.05, 4.69) is 15.8 Å². The number of benzene rings is 1. The summed E-state index contributed by atoms with van der Waals surface area (Å²) < 4.78 is 16.9. The van der Waals surface area contributed by atoms with Crippen LogP contribution in [0.15, 0.2) is 28.8 Å². The molecule has 6 rings (SSSR count). The first-order valence-electron chi connectivity index (χ1n) is 12.2. The number of hydrogen-bond acceptors (Lipinski definition) is 7. The SMILES string of the molecule is C[C@H]1Cc2cc(-c3cc(C(=O)Nc4sc5c(c4C(=O)NC[C@@H]4CCCO4)CCC5)no3)ccc2O1. The number of carbonyl (C=O) groups excluding carboxylic acids is 2. The standard InChI is InChI=1S/C26H27N3O5S/c1-14-10-16-11-15(7-8-20(16)33-14)21-12-19(29-34-21)24(30)28-26-23(18-5-2-6-22(18)35-26)25(31)27-13-17-4-3-9-32-17/h7-8,11-12,14,17H,2-6,9-10,13H2,1H3,(H,27,31)(H,28,30)/t14-,17-/m0/s1. The molecule has 2 aromatic heterocycles. The number of rotatable bonds is 6. The molecule has 0 saturated carbocycles. The van der Waals surface area contributed by atoms with Gasteiger partial charge in [0.2, 0.25) is 0 Å².